The van der Waals surface area contributed by atoms with Crippen molar-refractivity contribution in [2.24, 2.45) is 5.92 Å². The van der Waals surface area contributed by atoms with Crippen molar-refractivity contribution in [2.75, 3.05) is 13.1 Å². The van der Waals surface area contributed by atoms with Crippen LogP contribution in [-0.4, -0.2) is 40.8 Å². The number of carbonyl (C=O) groups is 2. The van der Waals surface area contributed by atoms with Gasteiger partial charge >= 0.3 is 0 Å². The van der Waals surface area contributed by atoms with Crippen molar-refractivity contribution in [3.8, 4) is 0 Å². The molecule has 2 heterocycles. The third-order valence-electron chi connectivity index (χ3n) is 5.42. The molecule has 3 rings (SSSR count). The van der Waals surface area contributed by atoms with Crippen LogP contribution in [0.5, 0.6) is 0 Å². The molecule has 1 aliphatic carbocycles. The Morgan fingerprint density at radius 2 is 1.92 bits per heavy atom. The van der Waals surface area contributed by atoms with Crippen LogP contribution in [0.15, 0.2) is 12.1 Å². The molecule has 1 unspecified atom stereocenters. The Kier molecular flexibility index (Phi) is 5.40. The van der Waals surface area contributed by atoms with Crippen LogP contribution in [-0.2, 0) is 4.79 Å². The van der Waals surface area contributed by atoms with Gasteiger partial charge in [-0.05, 0) is 58.1 Å². The van der Waals surface area contributed by atoms with E-state index in [1.807, 2.05) is 30.9 Å². The van der Waals surface area contributed by atoms with Crippen LogP contribution in [0.4, 0.5) is 0 Å². The fourth-order valence-corrected chi connectivity index (χ4v) is 3.45. The first-order chi connectivity index (χ1) is 12.0. The molecule has 136 valence electrons. The number of nitrogens with zero attached hydrogens (tertiary/aromatic N) is 2. The van der Waals surface area contributed by atoms with E-state index < -0.39 is 0 Å². The predicted octanol–water partition coefficient (Wildman–Crippen LogP) is 3.03. The fraction of sp³-hybridized carbons (Fsp3) is 0.650. The van der Waals surface area contributed by atoms with E-state index >= 15 is 0 Å². The first kappa shape index (κ1) is 17.9. The van der Waals surface area contributed by atoms with Crippen LogP contribution in [0, 0.1) is 12.8 Å². The summed E-state index contributed by atoms with van der Waals surface area (Å²) < 4.78 is 0. The number of hydrogen-bond donors (Lipinski definition) is 1. The number of carbonyl (C=O) groups excluding carboxylic acids is 2. The molecule has 1 saturated heterocycles. The molecule has 5 heteroatoms. The van der Waals surface area contributed by atoms with Gasteiger partial charge in [-0.3, -0.25) is 14.6 Å². The van der Waals surface area contributed by atoms with Crippen LogP contribution in [0.2, 0.25) is 0 Å². The lowest BCUT2D eigenvalue weighted by Gasteiger charge is -2.32. The molecule has 2 amide bonds. The van der Waals surface area contributed by atoms with E-state index in [4.69, 9.17) is 4.98 Å². The van der Waals surface area contributed by atoms with Gasteiger partial charge in [0.1, 0.15) is 0 Å². The lowest BCUT2D eigenvalue weighted by atomic mass is 9.89. The number of piperidine rings is 1. The summed E-state index contributed by atoms with van der Waals surface area (Å²) in [5, 5.41) is 3.05. The molecule has 0 bridgehead atoms. The smallest absolute Gasteiger partial charge is 0.253 e. The zero-order valence-corrected chi connectivity index (χ0v) is 15.5. The maximum atomic E-state index is 12.6. The number of amides is 2. The van der Waals surface area contributed by atoms with E-state index in [1.165, 1.54) is 0 Å². The average Bonchev–Trinajstić information content (AvgIpc) is 3.46. The molecular weight excluding hydrogens is 314 g/mol. The summed E-state index contributed by atoms with van der Waals surface area (Å²) in [6.45, 7) is 7.60. The van der Waals surface area contributed by atoms with E-state index in [0.717, 1.165) is 56.6 Å². The van der Waals surface area contributed by atoms with Gasteiger partial charge in [0.05, 0.1) is 11.3 Å². The first-order valence-corrected chi connectivity index (χ1v) is 9.56. The van der Waals surface area contributed by atoms with Gasteiger partial charge in [-0.25, -0.2) is 0 Å². The number of nitrogens with one attached hydrogen (secondary N) is 1. The molecule has 0 aromatic carbocycles. The van der Waals surface area contributed by atoms with Crippen molar-refractivity contribution < 1.29 is 9.59 Å². The summed E-state index contributed by atoms with van der Waals surface area (Å²) in [7, 11) is 0. The molecule has 0 spiro atoms. The number of likely N-dealkylation sites (tertiary alicyclic amines) is 1. The van der Waals surface area contributed by atoms with Crippen molar-refractivity contribution in [1.82, 2.24) is 15.2 Å². The average molecular weight is 343 g/mol. The van der Waals surface area contributed by atoms with Gasteiger partial charge < -0.3 is 10.2 Å². The van der Waals surface area contributed by atoms with E-state index in [9.17, 15) is 9.59 Å². The molecule has 25 heavy (non-hydrogen) atoms. The van der Waals surface area contributed by atoms with Crippen molar-refractivity contribution in [2.45, 2.75) is 64.8 Å². The predicted molar refractivity (Wildman–Crippen MR) is 97.5 cm³/mol. The number of hydrogen-bond acceptors (Lipinski definition) is 3. The van der Waals surface area contributed by atoms with Crippen molar-refractivity contribution in [3.05, 3.63) is 29.1 Å². The second-order valence-electron chi connectivity index (χ2n) is 7.54. The van der Waals surface area contributed by atoms with Gasteiger partial charge in [-0.1, -0.05) is 6.92 Å². The Morgan fingerprint density at radius 3 is 2.52 bits per heavy atom. The number of pyridine rings is 1. The Bertz CT molecular complexity index is 646. The Balaban J connectivity index is 1.72. The maximum absolute atomic E-state index is 12.6. The molecule has 1 atom stereocenters. The molecule has 0 radical (unpaired) electrons. The topological polar surface area (TPSA) is 62.3 Å². The van der Waals surface area contributed by atoms with Gasteiger partial charge in [0.15, 0.2) is 0 Å². The summed E-state index contributed by atoms with van der Waals surface area (Å²) >= 11 is 0. The largest absolute Gasteiger partial charge is 0.350 e. The highest BCUT2D eigenvalue weighted by Crippen LogP contribution is 2.34. The Morgan fingerprint density at radius 1 is 1.24 bits per heavy atom. The van der Waals surface area contributed by atoms with E-state index in [-0.39, 0.29) is 23.8 Å². The lowest BCUT2D eigenvalue weighted by molar-refractivity contribution is -0.133. The fourth-order valence-electron chi connectivity index (χ4n) is 3.45. The molecule has 2 fully saturated rings. The SMILES string of the molecule is CCC(C)NC(=O)c1ccc(C)nc1C1CCN(C(=O)C2CC2)CC1. The molecule has 1 aromatic heterocycles. The van der Waals surface area contributed by atoms with Gasteiger partial charge in [0, 0.05) is 36.7 Å². The minimum Gasteiger partial charge on any atom is -0.350 e. The molecule has 5 nitrogen and oxygen atoms in total. The van der Waals surface area contributed by atoms with Gasteiger partial charge in [0.2, 0.25) is 5.91 Å². The normalized spacial score (nSPS) is 19.6. The Labute approximate surface area is 150 Å². The third kappa shape index (κ3) is 4.20. The zero-order chi connectivity index (χ0) is 18.0. The molecule has 1 aromatic rings. The van der Waals surface area contributed by atoms with Crippen LogP contribution >= 0.6 is 0 Å². The molecular formula is C20H29N3O2. The maximum Gasteiger partial charge on any atom is 0.253 e. The summed E-state index contributed by atoms with van der Waals surface area (Å²) in [5.74, 6) is 0.824. The van der Waals surface area contributed by atoms with Crippen molar-refractivity contribution in [3.63, 3.8) is 0 Å². The summed E-state index contributed by atoms with van der Waals surface area (Å²) in [6.07, 6.45) is 4.79. The number of aryl methyl sites for hydroxylation is 1. The molecule has 2 aliphatic rings. The van der Waals surface area contributed by atoms with Crippen molar-refractivity contribution in [1.29, 1.82) is 0 Å². The number of aromatic nitrogens is 1. The Hall–Kier alpha value is -1.91. The lowest BCUT2D eigenvalue weighted by Crippen LogP contribution is -2.39. The van der Waals surface area contributed by atoms with Crippen LogP contribution in [0.25, 0.3) is 0 Å². The van der Waals surface area contributed by atoms with Gasteiger partial charge in [-0.15, -0.1) is 0 Å². The minimum absolute atomic E-state index is 0.0339. The van der Waals surface area contributed by atoms with Crippen LogP contribution in [0.1, 0.15) is 73.6 Å². The third-order valence-corrected chi connectivity index (χ3v) is 5.42. The molecule has 1 saturated carbocycles. The summed E-state index contributed by atoms with van der Waals surface area (Å²) in [6, 6.07) is 3.96. The van der Waals surface area contributed by atoms with Crippen molar-refractivity contribution >= 4 is 11.8 Å². The van der Waals surface area contributed by atoms with Crippen LogP contribution < -0.4 is 5.32 Å². The quantitative estimate of drug-likeness (QED) is 0.894. The highest BCUT2D eigenvalue weighted by atomic mass is 16.2. The standard InChI is InChI=1S/C20H29N3O2/c1-4-13(2)22-19(24)17-8-5-14(3)21-18(17)15-9-11-23(12-10-15)20(25)16-6-7-16/h5,8,13,15-16H,4,6-7,9-12H2,1-3H3,(H,22,24). The highest BCUT2D eigenvalue weighted by molar-refractivity contribution is 5.95. The number of rotatable bonds is 5. The van der Waals surface area contributed by atoms with E-state index in [2.05, 4.69) is 12.2 Å². The second-order valence-corrected chi connectivity index (χ2v) is 7.54. The zero-order valence-electron chi connectivity index (χ0n) is 15.5. The van der Waals surface area contributed by atoms with Gasteiger partial charge in [-0.2, -0.15) is 0 Å². The van der Waals surface area contributed by atoms with Crippen LogP contribution in [0.3, 0.4) is 0 Å². The monoisotopic (exact) mass is 343 g/mol. The molecule has 1 aliphatic heterocycles. The minimum atomic E-state index is -0.0339. The van der Waals surface area contributed by atoms with E-state index in [0.29, 0.717) is 11.5 Å². The first-order valence-electron chi connectivity index (χ1n) is 9.56. The molecule has 1 N–H and O–H groups in total. The summed E-state index contributed by atoms with van der Waals surface area (Å²) in [4.78, 5) is 31.6. The van der Waals surface area contributed by atoms with E-state index in [1.54, 1.807) is 0 Å². The highest BCUT2D eigenvalue weighted by Gasteiger charge is 2.35. The second kappa shape index (κ2) is 7.54. The summed E-state index contributed by atoms with van der Waals surface area (Å²) in [5.41, 5.74) is 2.53. The van der Waals surface area contributed by atoms with Gasteiger partial charge in [0.25, 0.3) is 5.91 Å².